The van der Waals surface area contributed by atoms with Crippen molar-refractivity contribution in [3.63, 3.8) is 0 Å². The zero-order valence-corrected chi connectivity index (χ0v) is 11.4. The maximum absolute atomic E-state index is 13.5. The van der Waals surface area contributed by atoms with Gasteiger partial charge in [-0.1, -0.05) is 0 Å². The molecule has 0 radical (unpaired) electrons. The molecule has 1 aromatic carbocycles. The Morgan fingerprint density at radius 3 is 2.70 bits per heavy atom. The molecule has 20 heavy (non-hydrogen) atoms. The van der Waals surface area contributed by atoms with Crippen LogP contribution in [-0.2, 0) is 4.74 Å². The van der Waals surface area contributed by atoms with E-state index in [2.05, 4.69) is 10.6 Å². The van der Waals surface area contributed by atoms with Gasteiger partial charge in [0.15, 0.2) is 5.82 Å². The van der Waals surface area contributed by atoms with Crippen molar-refractivity contribution in [1.82, 2.24) is 5.32 Å². The van der Waals surface area contributed by atoms with Gasteiger partial charge in [-0.05, 0) is 13.0 Å². The Labute approximate surface area is 115 Å². The fourth-order valence-corrected chi connectivity index (χ4v) is 1.68. The molecular weight excluding hydrogens is 269 g/mol. The molecule has 0 aliphatic heterocycles. The van der Waals surface area contributed by atoms with Crippen molar-refractivity contribution < 1.29 is 18.8 Å². The summed E-state index contributed by atoms with van der Waals surface area (Å²) in [5.41, 5.74) is -0.771. The van der Waals surface area contributed by atoms with Gasteiger partial charge in [-0.3, -0.25) is 14.9 Å². The van der Waals surface area contributed by atoms with Crippen LogP contribution in [0.3, 0.4) is 0 Å². The predicted octanol–water partition coefficient (Wildman–Crippen LogP) is 1.54. The summed E-state index contributed by atoms with van der Waals surface area (Å²) in [5, 5.41) is 16.0. The number of anilines is 1. The van der Waals surface area contributed by atoms with Crippen LogP contribution in [0.25, 0.3) is 0 Å². The predicted molar refractivity (Wildman–Crippen MR) is 71.4 cm³/mol. The van der Waals surface area contributed by atoms with Crippen LogP contribution in [0.15, 0.2) is 12.1 Å². The third-order valence-electron chi connectivity index (χ3n) is 2.59. The number of benzene rings is 1. The molecule has 0 saturated carbocycles. The molecule has 1 unspecified atom stereocenters. The van der Waals surface area contributed by atoms with Crippen molar-refractivity contribution in [2.24, 2.45) is 0 Å². The van der Waals surface area contributed by atoms with Crippen molar-refractivity contribution in [1.29, 1.82) is 0 Å². The Hall–Kier alpha value is -2.22. The normalized spacial score (nSPS) is 11.8. The van der Waals surface area contributed by atoms with Crippen molar-refractivity contribution in [2.75, 3.05) is 26.1 Å². The second kappa shape index (κ2) is 6.80. The molecular formula is C12H16FN3O4. The molecule has 0 aromatic heterocycles. The number of hydrogen-bond donors (Lipinski definition) is 2. The number of nitro groups is 1. The van der Waals surface area contributed by atoms with Crippen LogP contribution in [-0.4, -0.2) is 37.6 Å². The average Bonchev–Trinajstić information content (AvgIpc) is 2.38. The van der Waals surface area contributed by atoms with Gasteiger partial charge in [0.05, 0.1) is 23.3 Å². The van der Waals surface area contributed by atoms with E-state index in [9.17, 15) is 19.3 Å². The van der Waals surface area contributed by atoms with E-state index in [-0.39, 0.29) is 23.9 Å². The van der Waals surface area contributed by atoms with E-state index in [0.717, 1.165) is 12.1 Å². The Balaban J connectivity index is 3.14. The van der Waals surface area contributed by atoms with Crippen molar-refractivity contribution in [3.05, 3.63) is 33.6 Å². The number of nitrogens with one attached hydrogen (secondary N) is 2. The quantitative estimate of drug-likeness (QED) is 0.611. The first-order valence-corrected chi connectivity index (χ1v) is 5.86. The van der Waals surface area contributed by atoms with Crippen molar-refractivity contribution >= 4 is 17.3 Å². The van der Waals surface area contributed by atoms with E-state index >= 15 is 0 Å². The van der Waals surface area contributed by atoms with Gasteiger partial charge in [0.25, 0.3) is 11.6 Å². The fraction of sp³-hybridized carbons (Fsp3) is 0.417. The standard InChI is InChI=1S/C12H16FN3O4/c1-7(6-20-3)15-12(17)8-4-10(14-2)9(13)5-11(8)16(18)19/h4-5,7,14H,6H2,1-3H3,(H,15,17). The van der Waals surface area contributed by atoms with Gasteiger partial charge >= 0.3 is 0 Å². The highest BCUT2D eigenvalue weighted by atomic mass is 19.1. The van der Waals surface area contributed by atoms with E-state index < -0.39 is 22.3 Å². The fourth-order valence-electron chi connectivity index (χ4n) is 1.68. The zero-order chi connectivity index (χ0) is 15.3. The number of rotatable bonds is 6. The van der Waals surface area contributed by atoms with Gasteiger partial charge in [0, 0.05) is 20.2 Å². The van der Waals surface area contributed by atoms with Gasteiger partial charge in [0.1, 0.15) is 5.56 Å². The summed E-state index contributed by atoms with van der Waals surface area (Å²) in [6, 6.07) is 1.51. The van der Waals surface area contributed by atoms with Crippen molar-refractivity contribution in [3.8, 4) is 0 Å². The summed E-state index contributed by atoms with van der Waals surface area (Å²) in [6.45, 7) is 1.95. The van der Waals surface area contributed by atoms with Crippen LogP contribution in [0, 0.1) is 15.9 Å². The summed E-state index contributed by atoms with van der Waals surface area (Å²) < 4.78 is 18.4. The Morgan fingerprint density at radius 1 is 1.55 bits per heavy atom. The summed E-state index contributed by atoms with van der Waals surface area (Å²) in [7, 11) is 2.93. The molecule has 0 heterocycles. The molecule has 1 amide bonds. The topological polar surface area (TPSA) is 93.5 Å². The Kier molecular flexibility index (Phi) is 5.39. The lowest BCUT2D eigenvalue weighted by Gasteiger charge is -2.13. The number of amides is 1. The summed E-state index contributed by atoms with van der Waals surface area (Å²) in [4.78, 5) is 22.1. The van der Waals surface area contributed by atoms with Crippen LogP contribution in [0.5, 0.6) is 0 Å². The minimum atomic E-state index is -0.793. The Bertz CT molecular complexity index is 522. The largest absolute Gasteiger partial charge is 0.386 e. The van der Waals surface area contributed by atoms with Crippen LogP contribution < -0.4 is 10.6 Å². The summed E-state index contributed by atoms with van der Waals surface area (Å²) in [6.07, 6.45) is 0. The lowest BCUT2D eigenvalue weighted by molar-refractivity contribution is -0.385. The molecule has 1 atom stereocenters. The molecule has 0 saturated heterocycles. The van der Waals surface area contributed by atoms with Crippen LogP contribution >= 0.6 is 0 Å². The number of carbonyl (C=O) groups excluding carboxylic acids is 1. The minimum absolute atomic E-state index is 0.0140. The smallest absolute Gasteiger partial charge is 0.285 e. The molecule has 1 aromatic rings. The lowest BCUT2D eigenvalue weighted by Crippen LogP contribution is -2.36. The van der Waals surface area contributed by atoms with Gasteiger partial charge in [-0.15, -0.1) is 0 Å². The van der Waals surface area contributed by atoms with Crippen LogP contribution in [0.1, 0.15) is 17.3 Å². The minimum Gasteiger partial charge on any atom is -0.386 e. The third kappa shape index (κ3) is 3.64. The molecule has 2 N–H and O–H groups in total. The van der Waals surface area contributed by atoms with Gasteiger partial charge in [-0.2, -0.15) is 0 Å². The highest BCUT2D eigenvalue weighted by Crippen LogP contribution is 2.26. The van der Waals surface area contributed by atoms with E-state index in [0.29, 0.717) is 0 Å². The molecule has 110 valence electrons. The number of methoxy groups -OCH3 is 1. The highest BCUT2D eigenvalue weighted by Gasteiger charge is 2.24. The van der Waals surface area contributed by atoms with E-state index in [1.54, 1.807) is 6.92 Å². The molecule has 0 aliphatic carbocycles. The number of nitrogens with zero attached hydrogens (tertiary/aromatic N) is 1. The monoisotopic (exact) mass is 285 g/mol. The maximum Gasteiger partial charge on any atom is 0.285 e. The number of hydrogen-bond acceptors (Lipinski definition) is 5. The number of nitro benzene ring substituents is 1. The van der Waals surface area contributed by atoms with E-state index in [1.165, 1.54) is 14.2 Å². The third-order valence-corrected chi connectivity index (χ3v) is 2.59. The first-order valence-electron chi connectivity index (χ1n) is 5.86. The molecule has 1 rings (SSSR count). The average molecular weight is 285 g/mol. The first-order chi connectivity index (χ1) is 9.40. The second-order valence-corrected chi connectivity index (χ2v) is 4.19. The highest BCUT2D eigenvalue weighted by molar-refractivity contribution is 5.99. The van der Waals surface area contributed by atoms with Crippen molar-refractivity contribution in [2.45, 2.75) is 13.0 Å². The van der Waals surface area contributed by atoms with Gasteiger partial charge in [-0.25, -0.2) is 4.39 Å². The zero-order valence-electron chi connectivity index (χ0n) is 11.4. The van der Waals surface area contributed by atoms with E-state index in [4.69, 9.17) is 4.74 Å². The van der Waals surface area contributed by atoms with Crippen LogP contribution in [0.4, 0.5) is 15.8 Å². The van der Waals surface area contributed by atoms with Gasteiger partial charge in [0.2, 0.25) is 0 Å². The molecule has 0 fully saturated rings. The lowest BCUT2D eigenvalue weighted by atomic mass is 10.1. The number of ether oxygens (including phenoxy) is 1. The molecule has 8 heteroatoms. The Morgan fingerprint density at radius 2 is 2.20 bits per heavy atom. The molecule has 0 bridgehead atoms. The van der Waals surface area contributed by atoms with Gasteiger partial charge < -0.3 is 15.4 Å². The van der Waals surface area contributed by atoms with E-state index in [1.807, 2.05) is 0 Å². The van der Waals surface area contributed by atoms with Crippen LogP contribution in [0.2, 0.25) is 0 Å². The second-order valence-electron chi connectivity index (χ2n) is 4.19. The summed E-state index contributed by atoms with van der Waals surface area (Å²) in [5.74, 6) is -1.45. The number of carbonyl (C=O) groups is 1. The maximum atomic E-state index is 13.5. The molecule has 0 spiro atoms. The molecule has 7 nitrogen and oxygen atoms in total. The number of halogens is 1. The first kappa shape index (κ1) is 15.8. The molecule has 0 aliphatic rings. The summed E-state index contributed by atoms with van der Waals surface area (Å²) >= 11 is 0. The SMILES string of the molecule is CNc1cc(C(=O)NC(C)COC)c([N+](=O)[O-])cc1F.